The Balaban J connectivity index is 1.46. The molecule has 0 aromatic heterocycles. The normalized spacial score (nSPS) is 17.4. The lowest BCUT2D eigenvalue weighted by molar-refractivity contribution is -0.144. The van der Waals surface area contributed by atoms with E-state index in [2.05, 4.69) is 6.07 Å². The van der Waals surface area contributed by atoms with Gasteiger partial charge >= 0.3 is 5.97 Å². The number of para-hydroxylation sites is 2. The summed E-state index contributed by atoms with van der Waals surface area (Å²) in [4.78, 5) is 12.8. The van der Waals surface area contributed by atoms with Gasteiger partial charge in [0.15, 0.2) is 23.0 Å². The van der Waals surface area contributed by atoms with Crippen LogP contribution in [0.3, 0.4) is 0 Å². The minimum absolute atomic E-state index is 0.0156. The van der Waals surface area contributed by atoms with Crippen LogP contribution in [0.2, 0.25) is 0 Å². The van der Waals surface area contributed by atoms with Crippen LogP contribution in [-0.4, -0.2) is 40.0 Å². The zero-order valence-corrected chi connectivity index (χ0v) is 20.8. The largest absolute Gasteiger partial charge is 0.493 e. The molecule has 10 nitrogen and oxygen atoms in total. The number of carbonyl (C=O) groups is 1. The maximum Gasteiger partial charge on any atom is 0.356 e. The molecule has 5 rings (SSSR count). The van der Waals surface area contributed by atoms with Gasteiger partial charge in [-0.05, 0) is 35.9 Å². The van der Waals surface area contributed by atoms with Crippen molar-refractivity contribution >= 4 is 5.97 Å². The molecule has 10 heteroatoms. The average molecular weight is 517 g/mol. The number of methoxy groups -OCH3 is 3. The highest BCUT2D eigenvalue weighted by atomic mass is 16.6. The van der Waals surface area contributed by atoms with Gasteiger partial charge in [-0.1, -0.05) is 18.2 Å². The fraction of sp³-hybridized carbons (Fsp3) is 0.214. The number of allylic oxidation sites excluding steroid dienone is 1. The van der Waals surface area contributed by atoms with Crippen molar-refractivity contribution in [2.24, 2.45) is 5.73 Å². The molecule has 0 fully saturated rings. The van der Waals surface area contributed by atoms with Gasteiger partial charge in [-0.15, -0.1) is 0 Å². The van der Waals surface area contributed by atoms with Crippen LogP contribution in [-0.2, 0) is 4.79 Å². The Morgan fingerprint density at radius 2 is 1.68 bits per heavy atom. The number of hydrogen-bond acceptors (Lipinski definition) is 10. The number of carbonyl (C=O) groups excluding carboxylic acids is 1. The third kappa shape index (κ3) is 4.35. The number of nitrogens with zero attached hydrogens (tertiary/aromatic N) is 1. The van der Waals surface area contributed by atoms with Crippen LogP contribution in [0.1, 0.15) is 17.0 Å². The van der Waals surface area contributed by atoms with Crippen molar-refractivity contribution in [3.63, 3.8) is 0 Å². The molecule has 0 aliphatic carbocycles. The van der Waals surface area contributed by atoms with E-state index in [9.17, 15) is 10.1 Å². The number of fused-ring (bicyclic) bond motifs is 2. The number of rotatable bonds is 6. The van der Waals surface area contributed by atoms with E-state index in [0.29, 0.717) is 45.6 Å². The summed E-state index contributed by atoms with van der Waals surface area (Å²) in [6.07, 6.45) is -0.941. The summed E-state index contributed by atoms with van der Waals surface area (Å²) in [5.74, 6) is 1.54. The van der Waals surface area contributed by atoms with Crippen LogP contribution >= 0.6 is 0 Å². The Bertz CT molecular complexity index is 1450. The van der Waals surface area contributed by atoms with E-state index in [1.807, 2.05) is 6.07 Å². The highest BCUT2D eigenvalue weighted by Crippen LogP contribution is 2.47. The number of ether oxygens (including phenoxy) is 7. The zero-order chi connectivity index (χ0) is 26.8. The average Bonchev–Trinajstić information content (AvgIpc) is 2.95. The quantitative estimate of drug-likeness (QED) is 0.382. The van der Waals surface area contributed by atoms with Gasteiger partial charge in [-0.2, -0.15) is 5.26 Å². The SMILES string of the molecule is COc1cc(C2C(C#N)=C(N)Oc3cc(OC(=O)C4COc5ccccc5O4)ccc32)cc(OC)c1OC. The summed E-state index contributed by atoms with van der Waals surface area (Å²) < 4.78 is 39.1. The molecule has 3 aromatic rings. The molecule has 2 aliphatic rings. The van der Waals surface area contributed by atoms with Crippen molar-refractivity contribution in [2.75, 3.05) is 27.9 Å². The molecule has 3 aromatic carbocycles. The Hall–Kier alpha value is -5.04. The van der Waals surface area contributed by atoms with Crippen molar-refractivity contribution in [3.8, 4) is 46.3 Å². The van der Waals surface area contributed by atoms with E-state index in [1.54, 1.807) is 42.5 Å². The molecule has 2 aliphatic heterocycles. The van der Waals surface area contributed by atoms with E-state index in [1.165, 1.54) is 27.4 Å². The smallest absolute Gasteiger partial charge is 0.356 e. The highest BCUT2D eigenvalue weighted by molar-refractivity contribution is 5.78. The van der Waals surface area contributed by atoms with Crippen LogP contribution in [0.5, 0.6) is 40.2 Å². The van der Waals surface area contributed by atoms with E-state index in [4.69, 9.17) is 38.9 Å². The Labute approximate surface area is 218 Å². The van der Waals surface area contributed by atoms with Gasteiger partial charge in [0.1, 0.15) is 29.7 Å². The van der Waals surface area contributed by atoms with Crippen molar-refractivity contribution < 1.29 is 38.0 Å². The molecule has 2 N–H and O–H groups in total. The van der Waals surface area contributed by atoms with Crippen molar-refractivity contribution in [3.05, 3.63) is 77.2 Å². The minimum Gasteiger partial charge on any atom is -0.493 e. The third-order valence-corrected chi connectivity index (χ3v) is 6.20. The molecule has 194 valence electrons. The molecule has 0 radical (unpaired) electrons. The molecule has 0 saturated carbocycles. The second-order valence-electron chi connectivity index (χ2n) is 8.37. The Morgan fingerprint density at radius 1 is 0.974 bits per heavy atom. The van der Waals surface area contributed by atoms with Crippen molar-refractivity contribution in [1.82, 2.24) is 0 Å². The van der Waals surface area contributed by atoms with E-state index < -0.39 is 18.0 Å². The number of esters is 1. The maximum absolute atomic E-state index is 12.8. The Morgan fingerprint density at radius 3 is 2.34 bits per heavy atom. The van der Waals surface area contributed by atoms with Gasteiger partial charge < -0.3 is 38.9 Å². The first kappa shape index (κ1) is 24.6. The zero-order valence-electron chi connectivity index (χ0n) is 20.8. The van der Waals surface area contributed by atoms with Crippen molar-refractivity contribution in [2.45, 2.75) is 12.0 Å². The van der Waals surface area contributed by atoms with Crippen LogP contribution in [0.4, 0.5) is 0 Å². The van der Waals surface area contributed by atoms with Crippen LogP contribution in [0.15, 0.2) is 66.1 Å². The number of nitrogens with two attached hydrogens (primary N) is 1. The number of nitriles is 1. The van der Waals surface area contributed by atoms with Crippen molar-refractivity contribution in [1.29, 1.82) is 5.26 Å². The summed E-state index contributed by atoms with van der Waals surface area (Å²) in [6.45, 7) is 0.0156. The Kier molecular flexibility index (Phi) is 6.58. The molecular formula is C28H24N2O8. The molecular weight excluding hydrogens is 492 g/mol. The second kappa shape index (κ2) is 10.1. The molecule has 0 bridgehead atoms. The lowest BCUT2D eigenvalue weighted by atomic mass is 9.83. The standard InChI is InChI=1S/C28H24N2O8/c1-32-22-10-15(11-23(33-2)26(22)34-3)25-17-9-8-16(12-21(17)38-27(30)18(25)13-29)36-28(31)24-14-35-19-6-4-5-7-20(19)37-24/h4-12,24-25H,14,30H2,1-3H3. The summed E-state index contributed by atoms with van der Waals surface area (Å²) >= 11 is 0. The maximum atomic E-state index is 12.8. The number of benzene rings is 3. The predicted molar refractivity (Wildman–Crippen MR) is 134 cm³/mol. The predicted octanol–water partition coefficient (Wildman–Crippen LogP) is 3.68. The molecule has 2 unspecified atom stereocenters. The first-order valence-electron chi connectivity index (χ1n) is 11.6. The van der Waals surface area contributed by atoms with Gasteiger partial charge in [0, 0.05) is 11.6 Å². The molecule has 0 spiro atoms. The van der Waals surface area contributed by atoms with Crippen LogP contribution in [0, 0.1) is 11.3 Å². The molecule has 38 heavy (non-hydrogen) atoms. The summed E-state index contributed by atoms with van der Waals surface area (Å²) in [5.41, 5.74) is 7.66. The first-order valence-corrected chi connectivity index (χ1v) is 11.6. The fourth-order valence-electron chi connectivity index (χ4n) is 4.43. The van der Waals surface area contributed by atoms with Gasteiger partial charge in [-0.25, -0.2) is 4.79 Å². The third-order valence-electron chi connectivity index (χ3n) is 6.20. The molecule has 2 heterocycles. The molecule has 0 amide bonds. The van der Waals surface area contributed by atoms with Gasteiger partial charge in [0.25, 0.3) is 0 Å². The van der Waals surface area contributed by atoms with Gasteiger partial charge in [0.2, 0.25) is 17.7 Å². The summed E-state index contributed by atoms with van der Waals surface area (Å²) in [6, 6.07) is 17.6. The first-order chi connectivity index (χ1) is 18.5. The monoisotopic (exact) mass is 516 g/mol. The van der Waals surface area contributed by atoms with E-state index in [0.717, 1.165) is 0 Å². The molecule has 2 atom stereocenters. The van der Waals surface area contributed by atoms with Crippen LogP contribution < -0.4 is 38.9 Å². The molecule has 0 saturated heterocycles. The topological polar surface area (TPSA) is 131 Å². The summed E-state index contributed by atoms with van der Waals surface area (Å²) in [5, 5.41) is 9.91. The fourth-order valence-corrected chi connectivity index (χ4v) is 4.43. The van der Waals surface area contributed by atoms with E-state index in [-0.39, 0.29) is 23.8 Å². The van der Waals surface area contributed by atoms with E-state index >= 15 is 0 Å². The lowest BCUT2D eigenvalue weighted by Gasteiger charge is -2.28. The van der Waals surface area contributed by atoms with Gasteiger partial charge in [-0.3, -0.25) is 0 Å². The van der Waals surface area contributed by atoms with Crippen LogP contribution in [0.25, 0.3) is 0 Å². The second-order valence-corrected chi connectivity index (χ2v) is 8.37. The summed E-state index contributed by atoms with van der Waals surface area (Å²) in [7, 11) is 4.53. The van der Waals surface area contributed by atoms with Gasteiger partial charge in [0.05, 0.1) is 27.2 Å². The number of hydrogen-bond donors (Lipinski definition) is 1. The highest BCUT2D eigenvalue weighted by Gasteiger charge is 2.34. The minimum atomic E-state index is -0.941. The lowest BCUT2D eigenvalue weighted by Crippen LogP contribution is -2.39.